The highest BCUT2D eigenvalue weighted by molar-refractivity contribution is 6.18. The number of hydrogen-bond donors (Lipinski definition) is 0. The van der Waals surface area contributed by atoms with Gasteiger partial charge in [-0.3, -0.25) is 4.79 Å². The fourth-order valence-electron chi connectivity index (χ4n) is 2.92. The second-order valence-corrected chi connectivity index (χ2v) is 6.48. The summed E-state index contributed by atoms with van der Waals surface area (Å²) in [5, 5.41) is 0. The zero-order valence-electron chi connectivity index (χ0n) is 13.2. The van der Waals surface area contributed by atoms with Crippen molar-refractivity contribution in [2.24, 2.45) is 0 Å². The third-order valence-corrected chi connectivity index (χ3v) is 4.49. The number of nitrogens with zero attached hydrogens (tertiary/aromatic N) is 2. The summed E-state index contributed by atoms with van der Waals surface area (Å²) in [7, 11) is 0. The maximum absolute atomic E-state index is 12.7. The fourth-order valence-corrected chi connectivity index (χ4v) is 3.33. The summed E-state index contributed by atoms with van der Waals surface area (Å²) in [4.78, 5) is 16.8. The van der Waals surface area contributed by atoms with Gasteiger partial charge in [0.2, 0.25) is 0 Å². The van der Waals surface area contributed by atoms with Crippen LogP contribution < -0.4 is 4.90 Å². The molecule has 0 atom stereocenters. The predicted molar refractivity (Wildman–Crippen MR) is 94.6 cm³/mol. The predicted octanol–water partition coefficient (Wildman–Crippen LogP) is 3.91. The molecule has 0 aromatic heterocycles. The lowest BCUT2D eigenvalue weighted by Crippen LogP contribution is -2.36. The highest BCUT2D eigenvalue weighted by Crippen LogP contribution is 2.23. The molecule has 1 aliphatic heterocycles. The number of anilines is 1. The van der Waals surface area contributed by atoms with Gasteiger partial charge < -0.3 is 9.80 Å². The van der Waals surface area contributed by atoms with E-state index in [4.69, 9.17) is 23.2 Å². The van der Waals surface area contributed by atoms with E-state index in [1.54, 1.807) is 0 Å². The number of likely N-dealkylation sites (tertiary alicyclic amines) is 1. The average Bonchev–Trinajstić information content (AvgIpc) is 2.55. The Morgan fingerprint density at radius 1 is 1.14 bits per heavy atom. The van der Waals surface area contributed by atoms with Crippen LogP contribution >= 0.6 is 23.2 Å². The largest absolute Gasteiger partial charge is 0.369 e. The fraction of sp³-hybridized carbons (Fsp3) is 0.588. The first-order valence-corrected chi connectivity index (χ1v) is 9.01. The van der Waals surface area contributed by atoms with E-state index in [9.17, 15) is 4.79 Å². The molecule has 1 heterocycles. The maximum atomic E-state index is 12.7. The molecule has 2 rings (SSSR count). The van der Waals surface area contributed by atoms with Crippen LogP contribution in [0.1, 0.15) is 35.2 Å². The molecule has 1 aromatic carbocycles. The van der Waals surface area contributed by atoms with E-state index < -0.39 is 0 Å². The third kappa shape index (κ3) is 4.30. The van der Waals surface area contributed by atoms with E-state index in [-0.39, 0.29) is 5.91 Å². The van der Waals surface area contributed by atoms with Gasteiger partial charge in [0.15, 0.2) is 0 Å². The minimum atomic E-state index is 0.137. The maximum Gasteiger partial charge on any atom is 0.253 e. The van der Waals surface area contributed by atoms with Crippen molar-refractivity contribution in [1.29, 1.82) is 0 Å². The van der Waals surface area contributed by atoms with Crippen LogP contribution in [0.15, 0.2) is 18.2 Å². The first-order chi connectivity index (χ1) is 10.7. The van der Waals surface area contributed by atoms with Crippen LogP contribution in [0.5, 0.6) is 0 Å². The second-order valence-electron chi connectivity index (χ2n) is 5.72. The zero-order valence-corrected chi connectivity index (χ0v) is 14.7. The van der Waals surface area contributed by atoms with Crippen LogP contribution in [0.25, 0.3) is 0 Å². The Hall–Kier alpha value is -0.930. The van der Waals surface area contributed by atoms with Gasteiger partial charge in [-0.05, 0) is 43.9 Å². The van der Waals surface area contributed by atoms with Gasteiger partial charge in [-0.15, -0.1) is 23.2 Å². The Morgan fingerprint density at radius 2 is 1.77 bits per heavy atom. The van der Waals surface area contributed by atoms with Crippen molar-refractivity contribution in [2.45, 2.75) is 26.2 Å². The van der Waals surface area contributed by atoms with E-state index in [1.165, 1.54) is 6.42 Å². The summed E-state index contributed by atoms with van der Waals surface area (Å²) in [6.45, 7) is 5.26. The molecule has 122 valence electrons. The molecule has 22 heavy (non-hydrogen) atoms. The zero-order chi connectivity index (χ0) is 15.9. The number of carbonyl (C=O) groups is 1. The van der Waals surface area contributed by atoms with Crippen molar-refractivity contribution >= 4 is 34.8 Å². The van der Waals surface area contributed by atoms with E-state index in [1.807, 2.05) is 23.1 Å². The van der Waals surface area contributed by atoms with Crippen molar-refractivity contribution in [1.82, 2.24) is 4.90 Å². The third-order valence-electron chi connectivity index (χ3n) is 4.15. The quantitative estimate of drug-likeness (QED) is 0.732. The number of carbonyl (C=O) groups excluding carboxylic acids is 1. The summed E-state index contributed by atoms with van der Waals surface area (Å²) in [5.74, 6) is 1.22. The average molecular weight is 343 g/mol. The van der Waals surface area contributed by atoms with Crippen molar-refractivity contribution in [3.63, 3.8) is 0 Å². The smallest absolute Gasteiger partial charge is 0.253 e. The van der Waals surface area contributed by atoms with Gasteiger partial charge in [0, 0.05) is 49.2 Å². The second kappa shape index (κ2) is 8.64. The Bertz CT molecular complexity index is 495. The molecule has 1 aliphatic rings. The number of alkyl halides is 2. The number of benzene rings is 1. The number of amides is 1. The summed E-state index contributed by atoms with van der Waals surface area (Å²) in [6, 6.07) is 5.93. The van der Waals surface area contributed by atoms with E-state index in [2.05, 4.69) is 11.8 Å². The molecule has 0 N–H and O–H groups in total. The Morgan fingerprint density at radius 3 is 2.36 bits per heavy atom. The summed E-state index contributed by atoms with van der Waals surface area (Å²) >= 11 is 11.8. The van der Waals surface area contributed by atoms with Crippen molar-refractivity contribution in [3.8, 4) is 0 Å². The normalized spacial score (nSPS) is 15.0. The number of halogens is 2. The summed E-state index contributed by atoms with van der Waals surface area (Å²) in [6.07, 6.45) is 3.44. The molecule has 1 saturated heterocycles. The van der Waals surface area contributed by atoms with Gasteiger partial charge >= 0.3 is 0 Å². The topological polar surface area (TPSA) is 23.6 Å². The van der Waals surface area contributed by atoms with Gasteiger partial charge in [-0.2, -0.15) is 0 Å². The van der Waals surface area contributed by atoms with Crippen molar-refractivity contribution in [2.75, 3.05) is 42.8 Å². The standard InChI is InChI=1S/C17H24Cl2N2O/c1-14-5-6-15(17(22)21-9-3-2-4-10-21)13-16(14)20(11-7-18)12-8-19/h5-6,13H,2-4,7-12H2,1H3. The summed E-state index contributed by atoms with van der Waals surface area (Å²) < 4.78 is 0. The van der Waals surface area contributed by atoms with Crippen LogP contribution in [-0.4, -0.2) is 48.7 Å². The van der Waals surface area contributed by atoms with Gasteiger partial charge in [-0.25, -0.2) is 0 Å². The van der Waals surface area contributed by atoms with Crippen molar-refractivity contribution in [3.05, 3.63) is 29.3 Å². The number of piperidine rings is 1. The molecule has 1 amide bonds. The lowest BCUT2D eigenvalue weighted by atomic mass is 10.1. The minimum absolute atomic E-state index is 0.137. The molecule has 5 heteroatoms. The molecule has 0 aliphatic carbocycles. The number of aryl methyl sites for hydroxylation is 1. The van der Waals surface area contributed by atoms with E-state index in [0.717, 1.165) is 55.8 Å². The minimum Gasteiger partial charge on any atom is -0.369 e. The van der Waals surface area contributed by atoms with Crippen LogP contribution in [0.3, 0.4) is 0 Å². The van der Waals surface area contributed by atoms with Gasteiger partial charge in [0.05, 0.1) is 0 Å². The lowest BCUT2D eigenvalue weighted by Gasteiger charge is -2.28. The highest BCUT2D eigenvalue weighted by Gasteiger charge is 2.19. The van der Waals surface area contributed by atoms with Gasteiger partial charge in [0.25, 0.3) is 5.91 Å². The Labute approximate surface area is 143 Å². The first kappa shape index (κ1) is 17.4. The molecular weight excluding hydrogens is 319 g/mol. The Kier molecular flexibility index (Phi) is 6.84. The monoisotopic (exact) mass is 342 g/mol. The van der Waals surface area contributed by atoms with E-state index >= 15 is 0 Å². The molecule has 0 radical (unpaired) electrons. The highest BCUT2D eigenvalue weighted by atomic mass is 35.5. The first-order valence-electron chi connectivity index (χ1n) is 7.94. The van der Waals surface area contributed by atoms with Gasteiger partial charge in [0.1, 0.15) is 0 Å². The summed E-state index contributed by atoms with van der Waals surface area (Å²) in [5.41, 5.74) is 2.96. The van der Waals surface area contributed by atoms with Crippen LogP contribution in [0, 0.1) is 6.92 Å². The van der Waals surface area contributed by atoms with Crippen LogP contribution in [0.4, 0.5) is 5.69 Å². The van der Waals surface area contributed by atoms with Crippen LogP contribution in [0.2, 0.25) is 0 Å². The number of hydrogen-bond acceptors (Lipinski definition) is 2. The van der Waals surface area contributed by atoms with Gasteiger partial charge in [-0.1, -0.05) is 6.07 Å². The molecular formula is C17H24Cl2N2O. The molecule has 1 fully saturated rings. The lowest BCUT2D eigenvalue weighted by molar-refractivity contribution is 0.0724. The molecule has 1 aromatic rings. The Balaban J connectivity index is 2.22. The molecule has 0 spiro atoms. The van der Waals surface area contributed by atoms with Crippen LogP contribution in [-0.2, 0) is 0 Å². The van der Waals surface area contributed by atoms with E-state index in [0.29, 0.717) is 11.8 Å². The molecule has 0 bridgehead atoms. The SMILES string of the molecule is Cc1ccc(C(=O)N2CCCCC2)cc1N(CCCl)CCCl. The molecule has 0 unspecified atom stereocenters. The molecule has 0 saturated carbocycles. The molecule has 3 nitrogen and oxygen atoms in total. The van der Waals surface area contributed by atoms with Crippen molar-refractivity contribution < 1.29 is 4.79 Å². The number of rotatable bonds is 6.